The van der Waals surface area contributed by atoms with Crippen LogP contribution in [0.15, 0.2) is 0 Å². The first kappa shape index (κ1) is 74.0. The second-order valence-electron chi connectivity index (χ2n) is 30.5. The standard InChI is InChI=1S/2C31H58N8O2.C2H6O2/c2*1-11-13-15-38(22-17-28(3,4)36-29(5,6)18-22)26-33-25(32-21-24(40)41)34-27(35-26)39(16-14-12-2)23-19-30(7,8)37-31(9,10)20-23;3-1-2-4/h2*22-23,36-37H,11-21H2,1-10H3,(H,40,41)(H,32,33,34,35);3-4H,1-2H2. The average molecular weight is 1210 g/mol. The Hall–Kier alpha value is -4.48. The van der Waals surface area contributed by atoms with Crippen molar-refractivity contribution in [2.45, 2.75) is 310 Å². The number of rotatable bonds is 27. The summed E-state index contributed by atoms with van der Waals surface area (Å²) < 4.78 is 0. The molecule has 4 fully saturated rings. The zero-order valence-electron chi connectivity index (χ0n) is 57.4. The van der Waals surface area contributed by atoms with Crippen molar-refractivity contribution in [1.29, 1.82) is 0 Å². The molecule has 4 saturated heterocycles. The molecule has 0 radical (unpaired) electrons. The van der Waals surface area contributed by atoms with Gasteiger partial charge >= 0.3 is 11.9 Å². The van der Waals surface area contributed by atoms with Crippen molar-refractivity contribution in [3.63, 3.8) is 0 Å². The first-order valence-corrected chi connectivity index (χ1v) is 32.7. The molecule has 2 aromatic heterocycles. The van der Waals surface area contributed by atoms with E-state index in [4.69, 9.17) is 40.1 Å². The number of aliphatic hydroxyl groups is 2. The zero-order chi connectivity index (χ0) is 64.7. The van der Waals surface area contributed by atoms with Crippen LogP contribution in [0.4, 0.5) is 35.7 Å². The lowest BCUT2D eigenvalue weighted by Gasteiger charge is -2.50. The van der Waals surface area contributed by atoms with Crippen molar-refractivity contribution in [2.24, 2.45) is 0 Å². The third-order valence-electron chi connectivity index (χ3n) is 16.6. The number of hydrogen-bond donors (Lipinski definition) is 10. The van der Waals surface area contributed by atoms with Gasteiger partial charge in [-0.3, -0.25) is 9.59 Å². The number of aliphatic carboxylic acids is 2. The van der Waals surface area contributed by atoms with Crippen LogP contribution < -0.4 is 51.5 Å². The Morgan fingerprint density at radius 1 is 0.384 bits per heavy atom. The molecule has 0 unspecified atom stereocenters. The number of nitrogens with one attached hydrogen (secondary N) is 6. The summed E-state index contributed by atoms with van der Waals surface area (Å²) in [6.07, 6.45) is 16.1. The molecule has 0 spiro atoms. The lowest BCUT2D eigenvalue weighted by molar-refractivity contribution is -0.136. The molecule has 0 aliphatic carbocycles. The summed E-state index contributed by atoms with van der Waals surface area (Å²) in [5.74, 6) is 1.34. The van der Waals surface area contributed by atoms with Gasteiger partial charge in [0.15, 0.2) is 0 Å². The van der Waals surface area contributed by atoms with E-state index in [9.17, 15) is 19.8 Å². The van der Waals surface area contributed by atoms with E-state index < -0.39 is 11.9 Å². The van der Waals surface area contributed by atoms with Gasteiger partial charge in [0.2, 0.25) is 35.7 Å². The van der Waals surface area contributed by atoms with E-state index >= 15 is 0 Å². The number of piperidine rings is 4. The molecule has 4 aliphatic heterocycles. The van der Waals surface area contributed by atoms with Gasteiger partial charge in [0.05, 0.1) is 13.2 Å². The molecule has 0 aromatic carbocycles. The molecular formula is C64H122N16O6. The molecule has 4 aliphatic rings. The minimum absolute atomic E-state index is 0.0312. The minimum atomic E-state index is -0.942. The van der Waals surface area contributed by atoms with Crippen LogP contribution in [0, 0.1) is 0 Å². The van der Waals surface area contributed by atoms with Crippen molar-refractivity contribution in [1.82, 2.24) is 51.2 Å². The summed E-state index contributed by atoms with van der Waals surface area (Å²) in [5.41, 5.74) is -0.250. The molecule has 10 N–H and O–H groups in total. The maximum atomic E-state index is 11.5. The molecule has 6 rings (SSSR count). The highest BCUT2D eigenvalue weighted by atomic mass is 16.4. The van der Waals surface area contributed by atoms with Gasteiger partial charge in [-0.15, -0.1) is 0 Å². The van der Waals surface area contributed by atoms with E-state index in [1.807, 2.05) is 0 Å². The predicted molar refractivity (Wildman–Crippen MR) is 352 cm³/mol. The monoisotopic (exact) mass is 1210 g/mol. The van der Waals surface area contributed by atoms with Gasteiger partial charge in [-0.1, -0.05) is 53.4 Å². The SMILES string of the molecule is CCCCN(c1nc(NCC(=O)O)nc(N(CCCC)C2CC(C)(C)NC(C)(C)C2)n1)C1CC(C)(C)NC(C)(C)C1.CCCCN(c1nc(NCC(=O)O)nc(N(CCCC)C2CC(C)(C)NC(C)(C)C2)n1)C1CC(C)(C)NC(C)(C)C1.OCCO. The Balaban J connectivity index is 0.000000347. The Bertz CT molecular complexity index is 2050. The number of aromatic nitrogens is 6. The maximum absolute atomic E-state index is 11.5. The fraction of sp³-hybridized carbons (Fsp3) is 0.875. The van der Waals surface area contributed by atoms with Gasteiger partial charge in [0, 0.05) is 94.7 Å². The summed E-state index contributed by atoms with van der Waals surface area (Å²) in [6, 6.07) is 0.986. The fourth-order valence-corrected chi connectivity index (χ4v) is 14.7. The van der Waals surface area contributed by atoms with Crippen molar-refractivity contribution in [3.05, 3.63) is 0 Å². The van der Waals surface area contributed by atoms with Crippen LogP contribution in [-0.4, -0.2) is 183 Å². The van der Waals surface area contributed by atoms with Crippen LogP contribution in [0.5, 0.6) is 0 Å². The molecule has 6 heterocycles. The van der Waals surface area contributed by atoms with Crippen molar-refractivity contribution < 1.29 is 30.0 Å². The largest absolute Gasteiger partial charge is 0.480 e. The molecule has 0 saturated carbocycles. The summed E-state index contributed by atoms with van der Waals surface area (Å²) in [6.45, 7) is 47.8. The van der Waals surface area contributed by atoms with Crippen molar-refractivity contribution >= 4 is 47.6 Å². The van der Waals surface area contributed by atoms with Crippen molar-refractivity contribution in [3.8, 4) is 0 Å². The van der Waals surface area contributed by atoms with Crippen LogP contribution in [-0.2, 0) is 9.59 Å². The third kappa shape index (κ3) is 24.1. The van der Waals surface area contributed by atoms with E-state index in [0.29, 0.717) is 35.7 Å². The number of hydrogen-bond acceptors (Lipinski definition) is 20. The number of anilines is 6. The molecule has 0 bridgehead atoms. The molecule has 0 atom stereocenters. The lowest BCUT2D eigenvalue weighted by Crippen LogP contribution is -2.63. The highest BCUT2D eigenvalue weighted by Crippen LogP contribution is 2.39. The molecule has 2 aromatic rings. The van der Waals surface area contributed by atoms with Crippen LogP contribution in [0.3, 0.4) is 0 Å². The quantitative estimate of drug-likeness (QED) is 0.0399. The fourth-order valence-electron chi connectivity index (χ4n) is 14.7. The van der Waals surface area contributed by atoms with E-state index in [1.165, 1.54) is 0 Å². The molecule has 22 heteroatoms. The van der Waals surface area contributed by atoms with Crippen LogP contribution >= 0.6 is 0 Å². The van der Waals surface area contributed by atoms with Gasteiger partial charge in [0.1, 0.15) is 13.1 Å². The highest BCUT2D eigenvalue weighted by Gasteiger charge is 2.45. The summed E-state index contributed by atoms with van der Waals surface area (Å²) in [4.78, 5) is 62.4. The first-order chi connectivity index (χ1) is 39.8. The molecular weight excluding hydrogens is 1090 g/mol. The number of aliphatic hydroxyl groups excluding tert-OH is 2. The minimum Gasteiger partial charge on any atom is -0.480 e. The Kier molecular flexibility index (Phi) is 26.9. The number of unbranched alkanes of at least 4 members (excludes halogenated alkanes) is 4. The Labute approximate surface area is 519 Å². The van der Waals surface area contributed by atoms with Crippen LogP contribution in [0.1, 0.15) is 241 Å². The van der Waals surface area contributed by atoms with E-state index in [-0.39, 0.29) is 94.8 Å². The maximum Gasteiger partial charge on any atom is 0.322 e. The van der Waals surface area contributed by atoms with Gasteiger partial charge < -0.3 is 71.9 Å². The smallest absolute Gasteiger partial charge is 0.322 e. The Morgan fingerprint density at radius 2 is 0.570 bits per heavy atom. The van der Waals surface area contributed by atoms with Gasteiger partial charge in [0.25, 0.3) is 0 Å². The number of nitrogens with zero attached hydrogens (tertiary/aromatic N) is 10. The van der Waals surface area contributed by atoms with Crippen molar-refractivity contribution in [2.75, 3.05) is 82.7 Å². The van der Waals surface area contributed by atoms with Crippen LogP contribution in [0.25, 0.3) is 0 Å². The molecule has 22 nitrogen and oxygen atoms in total. The average Bonchev–Trinajstić information content (AvgIpc) is 0.940. The third-order valence-corrected chi connectivity index (χ3v) is 16.6. The summed E-state index contributed by atoms with van der Waals surface area (Å²) in [7, 11) is 0. The van der Waals surface area contributed by atoms with Gasteiger partial charge in [-0.05, 0) is 188 Å². The van der Waals surface area contributed by atoms with E-state index in [1.54, 1.807) is 0 Å². The predicted octanol–water partition coefficient (Wildman–Crippen LogP) is 9.37. The van der Waals surface area contributed by atoms with E-state index in [0.717, 1.165) is 129 Å². The highest BCUT2D eigenvalue weighted by molar-refractivity contribution is 5.72. The summed E-state index contributed by atoms with van der Waals surface area (Å²) in [5, 5.41) is 55.3. The molecule has 494 valence electrons. The van der Waals surface area contributed by atoms with Crippen LogP contribution in [0.2, 0.25) is 0 Å². The normalized spacial score (nSPS) is 21.1. The van der Waals surface area contributed by atoms with Gasteiger partial charge in [-0.25, -0.2) is 0 Å². The topological polar surface area (TPSA) is 278 Å². The zero-order valence-corrected chi connectivity index (χ0v) is 57.4. The van der Waals surface area contributed by atoms with E-state index in [2.05, 4.69) is 190 Å². The Morgan fingerprint density at radius 3 is 0.721 bits per heavy atom. The lowest BCUT2D eigenvalue weighted by atomic mass is 9.79. The van der Waals surface area contributed by atoms with Gasteiger partial charge in [-0.2, -0.15) is 29.9 Å². The number of carboxylic acids is 2. The second kappa shape index (κ2) is 31.3. The number of carbonyl (C=O) groups is 2. The molecule has 0 amide bonds. The number of carboxylic acid groups (broad SMARTS) is 2. The first-order valence-electron chi connectivity index (χ1n) is 32.7. The summed E-state index contributed by atoms with van der Waals surface area (Å²) >= 11 is 0. The second-order valence-corrected chi connectivity index (χ2v) is 30.5. The molecule has 86 heavy (non-hydrogen) atoms.